The molecule has 1 heterocycles. The predicted molar refractivity (Wildman–Crippen MR) is 116 cm³/mol. The van der Waals surface area contributed by atoms with Gasteiger partial charge in [-0.3, -0.25) is 4.79 Å². The number of carbonyl (C=O) groups is 1. The number of nitrogens with zero attached hydrogens (tertiary/aromatic N) is 3. The summed E-state index contributed by atoms with van der Waals surface area (Å²) in [5, 5.41) is 4.78. The van der Waals surface area contributed by atoms with Crippen molar-refractivity contribution in [1.29, 1.82) is 0 Å². The van der Waals surface area contributed by atoms with Crippen LogP contribution in [0.25, 0.3) is 0 Å². The van der Waals surface area contributed by atoms with Gasteiger partial charge in [0.05, 0.1) is 13.3 Å². The minimum absolute atomic E-state index is 0.270. The molecule has 0 aliphatic heterocycles. The highest BCUT2D eigenvalue weighted by Gasteiger charge is 2.06. The topological polar surface area (TPSA) is 76.5 Å². The Bertz CT molecular complexity index is 999. The van der Waals surface area contributed by atoms with Crippen LogP contribution in [-0.2, 0) is 5.75 Å². The molecule has 0 spiro atoms. The SMILES string of the molecule is COc1ccccc1/C=N/NC(=O)c1ccc(CSc2nc(C)cc(C)n2)cc1. The van der Waals surface area contributed by atoms with Gasteiger partial charge in [-0.05, 0) is 49.7 Å². The Kier molecular flexibility index (Phi) is 6.97. The molecule has 1 aromatic heterocycles. The first-order chi connectivity index (χ1) is 14.0. The smallest absolute Gasteiger partial charge is 0.271 e. The average Bonchev–Trinajstić information content (AvgIpc) is 2.72. The van der Waals surface area contributed by atoms with Crippen LogP contribution in [0.3, 0.4) is 0 Å². The number of benzene rings is 2. The molecule has 0 fully saturated rings. The summed E-state index contributed by atoms with van der Waals surface area (Å²) in [7, 11) is 1.59. The van der Waals surface area contributed by atoms with Crippen molar-refractivity contribution in [3.8, 4) is 5.75 Å². The summed E-state index contributed by atoms with van der Waals surface area (Å²) in [5.41, 5.74) is 6.87. The predicted octanol–water partition coefficient (Wildman–Crippen LogP) is 4.16. The molecule has 0 radical (unpaired) electrons. The van der Waals surface area contributed by atoms with E-state index in [0.717, 1.165) is 33.4 Å². The Labute approximate surface area is 174 Å². The molecule has 0 saturated carbocycles. The molecule has 1 N–H and O–H groups in total. The number of hydrogen-bond acceptors (Lipinski definition) is 6. The number of amides is 1. The Hall–Kier alpha value is -3.19. The fourth-order valence-electron chi connectivity index (χ4n) is 2.66. The minimum atomic E-state index is -0.270. The molecular formula is C22H22N4O2S. The lowest BCUT2D eigenvalue weighted by Crippen LogP contribution is -2.17. The zero-order valence-corrected chi connectivity index (χ0v) is 17.4. The summed E-state index contributed by atoms with van der Waals surface area (Å²) in [6.45, 7) is 3.92. The van der Waals surface area contributed by atoms with Crippen molar-refractivity contribution in [3.05, 3.63) is 82.7 Å². The minimum Gasteiger partial charge on any atom is -0.496 e. The maximum atomic E-state index is 12.3. The number of ether oxygens (including phenoxy) is 1. The van der Waals surface area contributed by atoms with Crippen molar-refractivity contribution in [2.45, 2.75) is 24.8 Å². The van der Waals surface area contributed by atoms with Crippen LogP contribution in [-0.4, -0.2) is 29.2 Å². The first-order valence-corrected chi connectivity index (χ1v) is 10.0. The highest BCUT2D eigenvalue weighted by Crippen LogP contribution is 2.20. The van der Waals surface area contributed by atoms with E-state index in [1.54, 1.807) is 37.2 Å². The van der Waals surface area contributed by atoms with Gasteiger partial charge in [0.1, 0.15) is 5.75 Å². The van der Waals surface area contributed by atoms with Gasteiger partial charge < -0.3 is 4.74 Å². The van der Waals surface area contributed by atoms with Crippen LogP contribution in [0.1, 0.15) is 32.9 Å². The Morgan fingerprint density at radius 1 is 1.10 bits per heavy atom. The third-order valence-corrected chi connectivity index (χ3v) is 4.97. The summed E-state index contributed by atoms with van der Waals surface area (Å²) in [6, 6.07) is 16.8. The number of para-hydroxylation sites is 1. The van der Waals surface area contributed by atoms with Crippen molar-refractivity contribution in [3.63, 3.8) is 0 Å². The van der Waals surface area contributed by atoms with Gasteiger partial charge in [-0.1, -0.05) is 36.0 Å². The molecule has 6 nitrogen and oxygen atoms in total. The van der Waals surface area contributed by atoms with Gasteiger partial charge in [0, 0.05) is 28.3 Å². The fraction of sp³-hybridized carbons (Fsp3) is 0.182. The van der Waals surface area contributed by atoms with E-state index in [0.29, 0.717) is 11.3 Å². The number of hydrazone groups is 1. The summed E-state index contributed by atoms with van der Waals surface area (Å²) >= 11 is 1.57. The second-order valence-corrected chi connectivity index (χ2v) is 7.30. The van der Waals surface area contributed by atoms with E-state index in [1.165, 1.54) is 0 Å². The summed E-state index contributed by atoms with van der Waals surface area (Å²) in [5.74, 6) is 1.16. The van der Waals surface area contributed by atoms with Gasteiger partial charge in [-0.25, -0.2) is 15.4 Å². The first-order valence-electron chi connectivity index (χ1n) is 9.05. The number of carbonyl (C=O) groups excluding carboxylic acids is 1. The zero-order valence-electron chi connectivity index (χ0n) is 16.5. The molecule has 0 aliphatic rings. The number of nitrogens with one attached hydrogen (secondary N) is 1. The lowest BCUT2D eigenvalue weighted by molar-refractivity contribution is 0.0955. The molecular weight excluding hydrogens is 384 g/mol. The van der Waals surface area contributed by atoms with Crippen molar-refractivity contribution < 1.29 is 9.53 Å². The fourth-order valence-corrected chi connectivity index (χ4v) is 3.56. The van der Waals surface area contributed by atoms with Gasteiger partial charge in [0.2, 0.25) is 0 Å². The second-order valence-electron chi connectivity index (χ2n) is 6.36. The third kappa shape index (κ3) is 5.89. The monoisotopic (exact) mass is 406 g/mol. The molecule has 0 saturated heterocycles. The van der Waals surface area contributed by atoms with Gasteiger partial charge in [0.25, 0.3) is 5.91 Å². The van der Waals surface area contributed by atoms with Crippen molar-refractivity contribution >= 4 is 23.9 Å². The number of aryl methyl sites for hydroxylation is 2. The Balaban J connectivity index is 1.56. The average molecular weight is 407 g/mol. The third-order valence-electron chi connectivity index (χ3n) is 4.05. The lowest BCUT2D eigenvalue weighted by Gasteiger charge is -2.05. The normalized spacial score (nSPS) is 10.9. The number of hydrogen-bond donors (Lipinski definition) is 1. The van der Waals surface area contributed by atoms with Crippen molar-refractivity contribution in [1.82, 2.24) is 15.4 Å². The number of thioether (sulfide) groups is 1. The quantitative estimate of drug-likeness (QED) is 0.276. The van der Waals surface area contributed by atoms with E-state index in [-0.39, 0.29) is 5.91 Å². The van der Waals surface area contributed by atoms with Crippen molar-refractivity contribution in [2.75, 3.05) is 7.11 Å². The van der Waals surface area contributed by atoms with Gasteiger partial charge >= 0.3 is 0 Å². The van der Waals surface area contributed by atoms with Gasteiger partial charge in [-0.15, -0.1) is 0 Å². The number of aromatic nitrogens is 2. The molecule has 0 atom stereocenters. The van der Waals surface area contributed by atoms with Crippen LogP contribution in [0.4, 0.5) is 0 Å². The van der Waals surface area contributed by atoms with Crippen molar-refractivity contribution in [2.24, 2.45) is 5.10 Å². The van der Waals surface area contributed by atoms with E-state index in [9.17, 15) is 4.79 Å². The molecule has 0 bridgehead atoms. The van der Waals surface area contributed by atoms with Crippen LogP contribution in [0, 0.1) is 13.8 Å². The molecule has 3 rings (SSSR count). The highest BCUT2D eigenvalue weighted by molar-refractivity contribution is 7.98. The summed E-state index contributed by atoms with van der Waals surface area (Å²) < 4.78 is 5.25. The zero-order chi connectivity index (χ0) is 20.6. The summed E-state index contributed by atoms with van der Waals surface area (Å²) in [6.07, 6.45) is 1.56. The maximum absolute atomic E-state index is 12.3. The molecule has 148 valence electrons. The van der Waals surface area contributed by atoms with Crippen LogP contribution in [0.2, 0.25) is 0 Å². The molecule has 7 heteroatoms. The van der Waals surface area contributed by atoms with E-state index in [2.05, 4.69) is 20.5 Å². The molecule has 1 amide bonds. The van der Waals surface area contributed by atoms with Crippen LogP contribution < -0.4 is 10.2 Å². The maximum Gasteiger partial charge on any atom is 0.271 e. The van der Waals surface area contributed by atoms with Crippen LogP contribution in [0.5, 0.6) is 5.75 Å². The van der Waals surface area contributed by atoms with E-state index < -0.39 is 0 Å². The lowest BCUT2D eigenvalue weighted by atomic mass is 10.1. The highest BCUT2D eigenvalue weighted by atomic mass is 32.2. The van der Waals surface area contributed by atoms with Gasteiger partial charge in [0.15, 0.2) is 5.16 Å². The van der Waals surface area contributed by atoms with E-state index >= 15 is 0 Å². The van der Waals surface area contributed by atoms with Gasteiger partial charge in [-0.2, -0.15) is 5.10 Å². The molecule has 29 heavy (non-hydrogen) atoms. The molecule has 3 aromatic rings. The van der Waals surface area contributed by atoms with Crippen LogP contribution in [0.15, 0.2) is 64.9 Å². The molecule has 2 aromatic carbocycles. The Morgan fingerprint density at radius 3 is 2.48 bits per heavy atom. The largest absolute Gasteiger partial charge is 0.496 e. The number of rotatable bonds is 7. The van der Waals surface area contributed by atoms with E-state index in [4.69, 9.17) is 4.74 Å². The van der Waals surface area contributed by atoms with Crippen LogP contribution >= 0.6 is 11.8 Å². The Morgan fingerprint density at radius 2 is 1.79 bits per heavy atom. The molecule has 0 unspecified atom stereocenters. The standard InChI is InChI=1S/C22H22N4O2S/c1-15-12-16(2)25-22(24-15)29-14-17-8-10-18(11-9-17)21(27)26-23-13-19-6-4-5-7-20(19)28-3/h4-13H,14H2,1-3H3,(H,26,27)/b23-13+. The number of methoxy groups -OCH3 is 1. The molecule has 0 aliphatic carbocycles. The first kappa shape index (κ1) is 20.5. The second kappa shape index (κ2) is 9.84. The van der Waals surface area contributed by atoms with E-state index in [1.807, 2.05) is 56.3 Å². The summed E-state index contributed by atoms with van der Waals surface area (Å²) in [4.78, 5) is 21.1.